The maximum atomic E-state index is 3.81. The second kappa shape index (κ2) is 7.39. The highest BCUT2D eigenvalue weighted by Gasteiger charge is 2.31. The Labute approximate surface area is 129 Å². The Bertz CT molecular complexity index is 408. The maximum absolute atomic E-state index is 3.81. The van der Waals surface area contributed by atoms with Crippen molar-refractivity contribution in [2.24, 2.45) is 5.92 Å². The van der Waals surface area contributed by atoms with Crippen molar-refractivity contribution in [1.82, 2.24) is 15.1 Å². The molecule has 2 aliphatic rings. The van der Waals surface area contributed by atoms with Crippen LogP contribution in [0.1, 0.15) is 30.9 Å². The minimum atomic E-state index is 0.582. The van der Waals surface area contributed by atoms with Crippen molar-refractivity contribution < 1.29 is 0 Å². The molecule has 1 aromatic carbocycles. The predicted octanol–water partition coefficient (Wildman–Crippen LogP) is 2.36. The molecular formula is C18H29N3. The molecule has 1 unspecified atom stereocenters. The van der Waals surface area contributed by atoms with Crippen LogP contribution in [0.4, 0.5) is 0 Å². The first-order chi connectivity index (χ1) is 10.3. The van der Waals surface area contributed by atoms with Gasteiger partial charge in [0.15, 0.2) is 0 Å². The lowest BCUT2D eigenvalue weighted by Crippen LogP contribution is -2.45. The number of nitrogens with one attached hydrogen (secondary N) is 1. The Morgan fingerprint density at radius 1 is 1.10 bits per heavy atom. The topological polar surface area (TPSA) is 18.5 Å². The van der Waals surface area contributed by atoms with Gasteiger partial charge in [0.25, 0.3) is 0 Å². The molecule has 3 nitrogen and oxygen atoms in total. The van der Waals surface area contributed by atoms with E-state index in [9.17, 15) is 0 Å². The molecule has 0 bridgehead atoms. The second-order valence-electron chi connectivity index (χ2n) is 6.68. The van der Waals surface area contributed by atoms with Gasteiger partial charge in [0, 0.05) is 32.2 Å². The minimum absolute atomic E-state index is 0.582. The summed E-state index contributed by atoms with van der Waals surface area (Å²) in [7, 11) is 2.22. The lowest BCUT2D eigenvalue weighted by molar-refractivity contribution is 0.152. The number of rotatable bonds is 7. The summed E-state index contributed by atoms with van der Waals surface area (Å²) in [5.74, 6) is 0.871. The lowest BCUT2D eigenvalue weighted by Gasteiger charge is -2.32. The SMILES string of the molecule is CN1CCN(CCCNC(c2ccccc2)C2CC2)CC1. The van der Waals surface area contributed by atoms with Crippen LogP contribution in [0.3, 0.4) is 0 Å². The van der Waals surface area contributed by atoms with E-state index in [1.807, 2.05) is 0 Å². The van der Waals surface area contributed by atoms with E-state index in [4.69, 9.17) is 0 Å². The van der Waals surface area contributed by atoms with Crippen LogP contribution in [-0.4, -0.2) is 56.1 Å². The molecule has 2 fully saturated rings. The van der Waals surface area contributed by atoms with Gasteiger partial charge in [-0.05, 0) is 50.9 Å². The van der Waals surface area contributed by atoms with Crippen molar-refractivity contribution in [2.45, 2.75) is 25.3 Å². The van der Waals surface area contributed by atoms with Gasteiger partial charge in [-0.3, -0.25) is 0 Å². The molecule has 1 aliphatic carbocycles. The summed E-state index contributed by atoms with van der Waals surface area (Å²) in [6, 6.07) is 11.6. The number of hydrogen-bond acceptors (Lipinski definition) is 3. The first kappa shape index (κ1) is 15.0. The molecule has 116 valence electrons. The smallest absolute Gasteiger partial charge is 0.0348 e. The Balaban J connectivity index is 1.39. The average molecular weight is 287 g/mol. The molecule has 1 saturated heterocycles. The monoisotopic (exact) mass is 287 g/mol. The molecule has 21 heavy (non-hydrogen) atoms. The number of benzene rings is 1. The van der Waals surface area contributed by atoms with Crippen molar-refractivity contribution in [3.05, 3.63) is 35.9 Å². The predicted molar refractivity (Wildman–Crippen MR) is 88.5 cm³/mol. The molecule has 1 heterocycles. The zero-order chi connectivity index (χ0) is 14.5. The summed E-state index contributed by atoms with van der Waals surface area (Å²) in [5.41, 5.74) is 1.47. The molecule has 1 aromatic rings. The maximum Gasteiger partial charge on any atom is 0.0348 e. The van der Waals surface area contributed by atoms with Crippen LogP contribution >= 0.6 is 0 Å². The average Bonchev–Trinajstić information content (AvgIpc) is 3.35. The third-order valence-corrected chi connectivity index (χ3v) is 4.86. The molecular weight excluding hydrogens is 258 g/mol. The summed E-state index contributed by atoms with van der Waals surface area (Å²) in [4.78, 5) is 5.03. The Hall–Kier alpha value is -0.900. The number of hydrogen-bond donors (Lipinski definition) is 1. The van der Waals surface area contributed by atoms with Crippen molar-refractivity contribution >= 4 is 0 Å². The van der Waals surface area contributed by atoms with Gasteiger partial charge in [-0.15, -0.1) is 0 Å². The molecule has 3 heteroatoms. The molecule has 0 aromatic heterocycles. The first-order valence-corrected chi connectivity index (χ1v) is 8.52. The summed E-state index contributed by atoms with van der Waals surface area (Å²) >= 11 is 0. The standard InChI is InChI=1S/C18H29N3/c1-20-12-14-21(15-13-20)11-5-10-19-18(17-8-9-17)16-6-3-2-4-7-16/h2-4,6-7,17-19H,5,8-15H2,1H3. The van der Waals surface area contributed by atoms with Crippen LogP contribution in [0.2, 0.25) is 0 Å². The molecule has 1 atom stereocenters. The number of piperazine rings is 1. The highest BCUT2D eigenvalue weighted by Crippen LogP contribution is 2.40. The lowest BCUT2D eigenvalue weighted by atomic mass is 10.0. The van der Waals surface area contributed by atoms with E-state index in [1.165, 1.54) is 57.5 Å². The van der Waals surface area contributed by atoms with Crippen LogP contribution in [-0.2, 0) is 0 Å². The molecule has 3 rings (SSSR count). The third kappa shape index (κ3) is 4.53. The van der Waals surface area contributed by atoms with E-state index in [0.29, 0.717) is 6.04 Å². The third-order valence-electron chi connectivity index (χ3n) is 4.86. The summed E-state index contributed by atoms with van der Waals surface area (Å²) in [5, 5.41) is 3.81. The quantitative estimate of drug-likeness (QED) is 0.777. The summed E-state index contributed by atoms with van der Waals surface area (Å²) in [6.45, 7) is 7.31. The van der Waals surface area contributed by atoms with E-state index in [1.54, 1.807) is 0 Å². The van der Waals surface area contributed by atoms with Gasteiger partial charge in [-0.2, -0.15) is 0 Å². The fraction of sp³-hybridized carbons (Fsp3) is 0.667. The Morgan fingerprint density at radius 3 is 2.48 bits per heavy atom. The molecule has 0 amide bonds. The van der Waals surface area contributed by atoms with Gasteiger partial charge in [-0.25, -0.2) is 0 Å². The van der Waals surface area contributed by atoms with Crippen molar-refractivity contribution in [1.29, 1.82) is 0 Å². The number of likely N-dealkylation sites (N-methyl/N-ethyl adjacent to an activating group) is 1. The van der Waals surface area contributed by atoms with E-state index in [0.717, 1.165) is 12.5 Å². The largest absolute Gasteiger partial charge is 0.310 e. The van der Waals surface area contributed by atoms with E-state index in [2.05, 4.69) is 52.5 Å². The fourth-order valence-electron chi connectivity index (χ4n) is 3.28. The van der Waals surface area contributed by atoms with Gasteiger partial charge >= 0.3 is 0 Å². The Kier molecular flexibility index (Phi) is 5.28. The van der Waals surface area contributed by atoms with Crippen LogP contribution < -0.4 is 5.32 Å². The van der Waals surface area contributed by atoms with E-state index >= 15 is 0 Å². The van der Waals surface area contributed by atoms with Crippen LogP contribution in [0.5, 0.6) is 0 Å². The second-order valence-corrected chi connectivity index (χ2v) is 6.68. The molecule has 0 radical (unpaired) electrons. The van der Waals surface area contributed by atoms with Gasteiger partial charge in [0.1, 0.15) is 0 Å². The highest BCUT2D eigenvalue weighted by molar-refractivity contribution is 5.21. The van der Waals surface area contributed by atoms with Crippen molar-refractivity contribution in [3.8, 4) is 0 Å². The highest BCUT2D eigenvalue weighted by atomic mass is 15.2. The summed E-state index contributed by atoms with van der Waals surface area (Å²) in [6.07, 6.45) is 4.05. The van der Waals surface area contributed by atoms with Gasteiger partial charge < -0.3 is 15.1 Å². The van der Waals surface area contributed by atoms with E-state index in [-0.39, 0.29) is 0 Å². The minimum Gasteiger partial charge on any atom is -0.310 e. The van der Waals surface area contributed by atoms with Gasteiger partial charge in [-0.1, -0.05) is 30.3 Å². The molecule has 0 spiro atoms. The van der Waals surface area contributed by atoms with E-state index < -0.39 is 0 Å². The summed E-state index contributed by atoms with van der Waals surface area (Å²) < 4.78 is 0. The Morgan fingerprint density at radius 2 is 1.81 bits per heavy atom. The van der Waals surface area contributed by atoms with Crippen molar-refractivity contribution in [2.75, 3.05) is 46.3 Å². The van der Waals surface area contributed by atoms with Gasteiger partial charge in [0.2, 0.25) is 0 Å². The zero-order valence-electron chi connectivity index (χ0n) is 13.3. The fourth-order valence-corrected chi connectivity index (χ4v) is 3.28. The van der Waals surface area contributed by atoms with Crippen LogP contribution in [0.25, 0.3) is 0 Å². The number of nitrogens with zero attached hydrogens (tertiary/aromatic N) is 2. The first-order valence-electron chi connectivity index (χ1n) is 8.52. The molecule has 1 saturated carbocycles. The molecule has 1 aliphatic heterocycles. The zero-order valence-corrected chi connectivity index (χ0v) is 13.3. The normalized spacial score (nSPS) is 22.3. The van der Waals surface area contributed by atoms with Crippen LogP contribution in [0, 0.1) is 5.92 Å². The molecule has 1 N–H and O–H groups in total. The van der Waals surface area contributed by atoms with Gasteiger partial charge in [0.05, 0.1) is 0 Å². The van der Waals surface area contributed by atoms with Crippen molar-refractivity contribution in [3.63, 3.8) is 0 Å². The van der Waals surface area contributed by atoms with Crippen LogP contribution in [0.15, 0.2) is 30.3 Å².